The van der Waals surface area contributed by atoms with Crippen LogP contribution in [0.5, 0.6) is 0 Å². The average molecular weight is 235 g/mol. The lowest BCUT2D eigenvalue weighted by Gasteiger charge is -2.28. The number of carbonyl (C=O) groups is 1. The first-order valence-electron chi connectivity index (χ1n) is 7.50. The SMILES string of the molecule is NC1CCCC(C(=O)CC2CC3CCC2C3)C1. The predicted octanol–water partition coefficient (Wildman–Crippen LogP) is 2.90. The Bertz CT molecular complexity index is 301. The van der Waals surface area contributed by atoms with Crippen molar-refractivity contribution in [3.05, 3.63) is 0 Å². The summed E-state index contributed by atoms with van der Waals surface area (Å²) >= 11 is 0. The maximum atomic E-state index is 12.3. The Hall–Kier alpha value is -0.370. The van der Waals surface area contributed by atoms with E-state index in [4.69, 9.17) is 5.73 Å². The number of rotatable bonds is 3. The van der Waals surface area contributed by atoms with Gasteiger partial charge >= 0.3 is 0 Å². The van der Waals surface area contributed by atoms with Crippen molar-refractivity contribution < 1.29 is 4.79 Å². The standard InChI is InChI=1S/C15H25NO/c16-14-3-1-2-12(8-14)15(17)9-13-7-10-4-5-11(13)6-10/h10-14H,1-9,16H2. The van der Waals surface area contributed by atoms with Gasteiger partial charge in [-0.15, -0.1) is 0 Å². The number of ketones is 1. The van der Waals surface area contributed by atoms with Gasteiger partial charge in [-0.25, -0.2) is 0 Å². The van der Waals surface area contributed by atoms with Gasteiger partial charge in [0.25, 0.3) is 0 Å². The molecule has 3 fully saturated rings. The predicted molar refractivity (Wildman–Crippen MR) is 68.5 cm³/mol. The summed E-state index contributed by atoms with van der Waals surface area (Å²) in [5.41, 5.74) is 5.98. The van der Waals surface area contributed by atoms with Crippen LogP contribution >= 0.6 is 0 Å². The molecule has 0 amide bonds. The Balaban J connectivity index is 1.53. The highest BCUT2D eigenvalue weighted by molar-refractivity contribution is 5.81. The first-order chi connectivity index (χ1) is 8.22. The van der Waals surface area contributed by atoms with Crippen LogP contribution in [0.2, 0.25) is 0 Å². The van der Waals surface area contributed by atoms with E-state index in [9.17, 15) is 4.79 Å². The minimum absolute atomic E-state index is 0.290. The van der Waals surface area contributed by atoms with Crippen LogP contribution in [-0.2, 0) is 4.79 Å². The normalized spacial score (nSPS) is 45.1. The van der Waals surface area contributed by atoms with Crippen LogP contribution in [0.4, 0.5) is 0 Å². The molecule has 2 N–H and O–H groups in total. The molecular formula is C15H25NO. The van der Waals surface area contributed by atoms with Crippen molar-refractivity contribution in [3.8, 4) is 0 Å². The highest BCUT2D eigenvalue weighted by atomic mass is 16.1. The van der Waals surface area contributed by atoms with E-state index in [-0.39, 0.29) is 6.04 Å². The third-order valence-electron chi connectivity index (χ3n) is 5.52. The quantitative estimate of drug-likeness (QED) is 0.817. The second-order valence-corrected chi connectivity index (χ2v) is 6.73. The van der Waals surface area contributed by atoms with Crippen LogP contribution in [0.25, 0.3) is 0 Å². The monoisotopic (exact) mass is 235 g/mol. The Morgan fingerprint density at radius 3 is 2.59 bits per heavy atom. The average Bonchev–Trinajstić information content (AvgIpc) is 2.91. The molecule has 96 valence electrons. The van der Waals surface area contributed by atoms with Crippen molar-refractivity contribution >= 4 is 5.78 Å². The van der Waals surface area contributed by atoms with E-state index in [1.807, 2.05) is 0 Å². The van der Waals surface area contributed by atoms with E-state index in [2.05, 4.69) is 0 Å². The van der Waals surface area contributed by atoms with Gasteiger partial charge in [-0.2, -0.15) is 0 Å². The highest BCUT2D eigenvalue weighted by Gasteiger charge is 2.41. The van der Waals surface area contributed by atoms with Gasteiger partial charge in [0.1, 0.15) is 5.78 Å². The summed E-state index contributed by atoms with van der Waals surface area (Å²) < 4.78 is 0. The largest absolute Gasteiger partial charge is 0.328 e. The van der Waals surface area contributed by atoms with Crippen molar-refractivity contribution in [2.75, 3.05) is 0 Å². The summed E-state index contributed by atoms with van der Waals surface area (Å²) in [5, 5.41) is 0. The lowest BCUT2D eigenvalue weighted by molar-refractivity contribution is -0.125. The van der Waals surface area contributed by atoms with Crippen LogP contribution in [0.15, 0.2) is 0 Å². The van der Waals surface area contributed by atoms with E-state index >= 15 is 0 Å². The lowest BCUT2D eigenvalue weighted by Crippen LogP contribution is -2.32. The van der Waals surface area contributed by atoms with Crippen molar-refractivity contribution in [1.82, 2.24) is 0 Å². The topological polar surface area (TPSA) is 43.1 Å². The molecule has 3 saturated carbocycles. The van der Waals surface area contributed by atoms with Gasteiger partial charge in [-0.1, -0.05) is 12.8 Å². The molecule has 0 aromatic heterocycles. The second-order valence-electron chi connectivity index (χ2n) is 6.73. The Morgan fingerprint density at radius 1 is 1.06 bits per heavy atom. The number of hydrogen-bond acceptors (Lipinski definition) is 2. The lowest BCUT2D eigenvalue weighted by atomic mass is 9.78. The minimum atomic E-state index is 0.290. The van der Waals surface area contributed by atoms with E-state index < -0.39 is 0 Å². The number of Topliss-reactive ketones (excluding diaryl/α,β-unsaturated/α-hetero) is 1. The summed E-state index contributed by atoms with van der Waals surface area (Å²) in [4.78, 5) is 12.3. The van der Waals surface area contributed by atoms with E-state index in [1.165, 1.54) is 25.7 Å². The van der Waals surface area contributed by atoms with Crippen LogP contribution in [0.3, 0.4) is 0 Å². The smallest absolute Gasteiger partial charge is 0.136 e. The first kappa shape index (κ1) is 11.7. The zero-order valence-corrected chi connectivity index (χ0v) is 10.7. The number of nitrogens with two attached hydrogens (primary N) is 1. The molecule has 3 rings (SSSR count). The van der Waals surface area contributed by atoms with Gasteiger partial charge in [0.05, 0.1) is 0 Å². The van der Waals surface area contributed by atoms with Gasteiger partial charge in [0.2, 0.25) is 0 Å². The summed E-state index contributed by atoms with van der Waals surface area (Å²) in [7, 11) is 0. The summed E-state index contributed by atoms with van der Waals surface area (Å²) in [6, 6.07) is 0.290. The second kappa shape index (κ2) is 4.72. The van der Waals surface area contributed by atoms with Gasteiger partial charge in [-0.3, -0.25) is 4.79 Å². The Labute approximate surface area is 104 Å². The van der Waals surface area contributed by atoms with Crippen molar-refractivity contribution in [3.63, 3.8) is 0 Å². The Morgan fingerprint density at radius 2 is 1.94 bits per heavy atom. The molecule has 3 aliphatic rings. The minimum Gasteiger partial charge on any atom is -0.328 e. The summed E-state index contributed by atoms with van der Waals surface area (Å²) in [6.07, 6.45) is 10.8. The molecule has 0 saturated heterocycles. The molecule has 0 heterocycles. The molecule has 0 aromatic carbocycles. The fourth-order valence-electron chi connectivity index (χ4n) is 4.57. The van der Waals surface area contributed by atoms with Gasteiger partial charge < -0.3 is 5.73 Å². The van der Waals surface area contributed by atoms with Crippen LogP contribution < -0.4 is 5.73 Å². The molecule has 2 heteroatoms. The zero-order chi connectivity index (χ0) is 11.8. The summed E-state index contributed by atoms with van der Waals surface area (Å²) in [6.45, 7) is 0. The Kier molecular flexibility index (Phi) is 3.25. The molecule has 5 unspecified atom stereocenters. The van der Waals surface area contributed by atoms with Gasteiger partial charge in [0.15, 0.2) is 0 Å². The molecule has 0 aliphatic heterocycles. The number of hydrogen-bond donors (Lipinski definition) is 1. The van der Waals surface area contributed by atoms with E-state index in [0.29, 0.717) is 11.7 Å². The van der Waals surface area contributed by atoms with Gasteiger partial charge in [0, 0.05) is 18.4 Å². The van der Waals surface area contributed by atoms with Crippen molar-refractivity contribution in [1.29, 1.82) is 0 Å². The fraction of sp³-hybridized carbons (Fsp3) is 0.933. The highest BCUT2D eigenvalue weighted by Crippen LogP contribution is 2.50. The van der Waals surface area contributed by atoms with Crippen LogP contribution in [0.1, 0.15) is 57.8 Å². The molecule has 17 heavy (non-hydrogen) atoms. The zero-order valence-electron chi connectivity index (χ0n) is 10.7. The molecular weight excluding hydrogens is 210 g/mol. The number of fused-ring (bicyclic) bond motifs is 2. The van der Waals surface area contributed by atoms with Gasteiger partial charge in [-0.05, 0) is 56.3 Å². The summed E-state index contributed by atoms with van der Waals surface area (Å²) in [5.74, 6) is 3.43. The molecule has 0 spiro atoms. The molecule has 2 nitrogen and oxygen atoms in total. The molecule has 0 aromatic rings. The fourth-order valence-corrected chi connectivity index (χ4v) is 4.57. The van der Waals surface area contributed by atoms with Crippen molar-refractivity contribution in [2.24, 2.45) is 29.4 Å². The first-order valence-corrected chi connectivity index (χ1v) is 7.50. The van der Waals surface area contributed by atoms with E-state index in [1.54, 1.807) is 0 Å². The van der Waals surface area contributed by atoms with E-state index in [0.717, 1.165) is 49.9 Å². The third-order valence-corrected chi connectivity index (χ3v) is 5.52. The third kappa shape index (κ3) is 2.42. The number of carbonyl (C=O) groups excluding carboxylic acids is 1. The van der Waals surface area contributed by atoms with Crippen LogP contribution in [-0.4, -0.2) is 11.8 Å². The molecule has 3 aliphatic carbocycles. The van der Waals surface area contributed by atoms with Crippen molar-refractivity contribution in [2.45, 2.75) is 63.8 Å². The van der Waals surface area contributed by atoms with Crippen LogP contribution in [0, 0.1) is 23.7 Å². The molecule has 0 radical (unpaired) electrons. The molecule has 2 bridgehead atoms. The molecule has 5 atom stereocenters. The maximum Gasteiger partial charge on any atom is 0.136 e. The maximum absolute atomic E-state index is 12.3.